The second-order valence-electron chi connectivity index (χ2n) is 6.45. The average molecular weight is 296 g/mol. The summed E-state index contributed by atoms with van der Waals surface area (Å²) in [5.74, 6) is 1.69. The Bertz CT molecular complexity index is 507. The lowest BCUT2D eigenvalue weighted by Gasteiger charge is -2.32. The van der Waals surface area contributed by atoms with E-state index in [1.807, 2.05) is 0 Å². The number of rotatable bonds is 4. The Morgan fingerprint density at radius 2 is 1.33 bits per heavy atom. The van der Waals surface area contributed by atoms with Crippen LogP contribution in [0.15, 0.2) is 60.7 Å². The molecule has 0 spiro atoms. The van der Waals surface area contributed by atoms with Crippen LogP contribution in [0.1, 0.15) is 33.1 Å². The average Bonchev–Trinajstić information content (AvgIpc) is 2.99. The molecule has 0 nitrogen and oxygen atoms in total. The van der Waals surface area contributed by atoms with E-state index < -0.39 is 0 Å². The molecule has 0 aromatic heterocycles. The Labute approximate surface area is 130 Å². The topological polar surface area (TPSA) is 0 Å². The monoisotopic (exact) mass is 296 g/mol. The van der Waals surface area contributed by atoms with Gasteiger partial charge in [0, 0.05) is 0 Å². The highest BCUT2D eigenvalue weighted by molar-refractivity contribution is 7.73. The maximum absolute atomic E-state index is 2.41. The molecule has 2 atom stereocenters. The van der Waals surface area contributed by atoms with Crippen LogP contribution in [0, 0.1) is 11.8 Å². The molecule has 2 aromatic rings. The van der Waals surface area contributed by atoms with Crippen molar-refractivity contribution in [3.05, 3.63) is 60.7 Å². The SMILES string of the molecule is CC(C)C1CCCC1P(c1ccccc1)c1ccccc1. The zero-order chi connectivity index (χ0) is 14.7. The zero-order valence-corrected chi connectivity index (χ0v) is 14.0. The van der Waals surface area contributed by atoms with Gasteiger partial charge >= 0.3 is 0 Å². The molecule has 3 rings (SSSR count). The first-order chi connectivity index (χ1) is 10.3. The van der Waals surface area contributed by atoms with E-state index in [9.17, 15) is 0 Å². The molecule has 1 aliphatic carbocycles. The molecule has 0 aliphatic heterocycles. The van der Waals surface area contributed by atoms with Crippen LogP contribution in [0.4, 0.5) is 0 Å². The molecule has 1 heteroatoms. The lowest BCUT2D eigenvalue weighted by Crippen LogP contribution is -2.27. The van der Waals surface area contributed by atoms with Crippen molar-refractivity contribution in [3.63, 3.8) is 0 Å². The van der Waals surface area contributed by atoms with Gasteiger partial charge in [0.25, 0.3) is 0 Å². The van der Waals surface area contributed by atoms with Gasteiger partial charge in [-0.1, -0.05) is 80.9 Å². The molecule has 0 bridgehead atoms. The third-order valence-corrected chi connectivity index (χ3v) is 7.80. The minimum Gasteiger partial charge on any atom is -0.0625 e. The zero-order valence-electron chi connectivity index (χ0n) is 13.1. The smallest absolute Gasteiger partial charge is 0.00980 e. The van der Waals surface area contributed by atoms with Crippen molar-refractivity contribution in [2.75, 3.05) is 0 Å². The van der Waals surface area contributed by atoms with E-state index in [1.54, 1.807) is 10.6 Å². The lowest BCUT2D eigenvalue weighted by molar-refractivity contribution is 0.402. The molecule has 0 radical (unpaired) electrons. The Morgan fingerprint density at radius 3 is 1.81 bits per heavy atom. The molecule has 21 heavy (non-hydrogen) atoms. The third-order valence-electron chi connectivity index (χ3n) is 4.79. The van der Waals surface area contributed by atoms with Gasteiger partial charge in [0.2, 0.25) is 0 Å². The first-order valence-electron chi connectivity index (χ1n) is 8.16. The van der Waals surface area contributed by atoms with E-state index in [0.717, 1.165) is 17.5 Å². The summed E-state index contributed by atoms with van der Waals surface area (Å²) in [7, 11) is -0.224. The van der Waals surface area contributed by atoms with Gasteiger partial charge in [-0.25, -0.2) is 0 Å². The molecule has 2 unspecified atom stereocenters. The van der Waals surface area contributed by atoms with E-state index in [2.05, 4.69) is 74.5 Å². The van der Waals surface area contributed by atoms with E-state index in [0.29, 0.717) is 0 Å². The first-order valence-corrected chi connectivity index (χ1v) is 9.58. The molecule has 1 aliphatic rings. The maximum atomic E-state index is 2.41. The maximum Gasteiger partial charge on any atom is -0.00980 e. The van der Waals surface area contributed by atoms with Gasteiger partial charge in [0.1, 0.15) is 0 Å². The van der Waals surface area contributed by atoms with Gasteiger partial charge in [0.05, 0.1) is 0 Å². The van der Waals surface area contributed by atoms with Crippen molar-refractivity contribution in [1.29, 1.82) is 0 Å². The quantitative estimate of drug-likeness (QED) is 0.701. The minimum absolute atomic E-state index is 0.224. The summed E-state index contributed by atoms with van der Waals surface area (Å²) in [6.45, 7) is 4.82. The number of hydrogen-bond acceptors (Lipinski definition) is 0. The molecule has 0 saturated heterocycles. The highest BCUT2D eigenvalue weighted by atomic mass is 31.1. The van der Waals surface area contributed by atoms with Crippen LogP contribution in [-0.4, -0.2) is 5.66 Å². The minimum atomic E-state index is -0.224. The second kappa shape index (κ2) is 6.75. The molecule has 1 saturated carbocycles. The van der Waals surface area contributed by atoms with Crippen LogP contribution in [0.5, 0.6) is 0 Å². The van der Waals surface area contributed by atoms with Crippen molar-refractivity contribution in [3.8, 4) is 0 Å². The summed E-state index contributed by atoms with van der Waals surface area (Å²) in [6, 6.07) is 22.4. The summed E-state index contributed by atoms with van der Waals surface area (Å²) in [4.78, 5) is 0. The molecule has 2 aromatic carbocycles. The van der Waals surface area contributed by atoms with Crippen molar-refractivity contribution in [1.82, 2.24) is 0 Å². The Balaban J connectivity index is 2.01. The summed E-state index contributed by atoms with van der Waals surface area (Å²) < 4.78 is 0. The molecule has 0 amide bonds. The van der Waals surface area contributed by atoms with Gasteiger partial charge in [-0.2, -0.15) is 0 Å². The van der Waals surface area contributed by atoms with Gasteiger partial charge in [-0.05, 0) is 48.9 Å². The van der Waals surface area contributed by atoms with E-state index in [1.165, 1.54) is 19.3 Å². The fourth-order valence-corrected chi connectivity index (χ4v) is 7.14. The van der Waals surface area contributed by atoms with Gasteiger partial charge in [0.15, 0.2) is 0 Å². The van der Waals surface area contributed by atoms with Crippen LogP contribution >= 0.6 is 7.92 Å². The van der Waals surface area contributed by atoms with Gasteiger partial charge < -0.3 is 0 Å². The fourth-order valence-electron chi connectivity index (χ4n) is 3.78. The largest absolute Gasteiger partial charge is 0.0625 e. The molecule has 1 fully saturated rings. The lowest BCUT2D eigenvalue weighted by atomic mass is 9.94. The van der Waals surface area contributed by atoms with Crippen molar-refractivity contribution >= 4 is 18.5 Å². The summed E-state index contributed by atoms with van der Waals surface area (Å²) in [5, 5.41) is 3.10. The highest BCUT2D eigenvalue weighted by Crippen LogP contribution is 2.51. The first kappa shape index (κ1) is 14.8. The van der Waals surface area contributed by atoms with Crippen LogP contribution in [0.2, 0.25) is 0 Å². The molecular weight excluding hydrogens is 271 g/mol. The van der Waals surface area contributed by atoms with Crippen LogP contribution in [-0.2, 0) is 0 Å². The van der Waals surface area contributed by atoms with Crippen LogP contribution < -0.4 is 10.6 Å². The molecule has 0 heterocycles. The van der Waals surface area contributed by atoms with Crippen molar-refractivity contribution in [2.24, 2.45) is 11.8 Å². The molecular formula is C20H25P. The highest BCUT2D eigenvalue weighted by Gasteiger charge is 2.36. The van der Waals surface area contributed by atoms with Gasteiger partial charge in [-0.15, -0.1) is 0 Å². The van der Waals surface area contributed by atoms with Crippen molar-refractivity contribution < 1.29 is 0 Å². The van der Waals surface area contributed by atoms with E-state index in [4.69, 9.17) is 0 Å². The fraction of sp³-hybridized carbons (Fsp3) is 0.400. The number of hydrogen-bond donors (Lipinski definition) is 0. The van der Waals surface area contributed by atoms with Crippen LogP contribution in [0.25, 0.3) is 0 Å². The summed E-state index contributed by atoms with van der Waals surface area (Å²) in [6.07, 6.45) is 4.23. The van der Waals surface area contributed by atoms with Crippen molar-refractivity contribution in [2.45, 2.75) is 38.8 Å². The second-order valence-corrected chi connectivity index (χ2v) is 8.88. The summed E-state index contributed by atoms with van der Waals surface area (Å²) in [5.41, 5.74) is 0.852. The van der Waals surface area contributed by atoms with E-state index in [-0.39, 0.29) is 7.92 Å². The van der Waals surface area contributed by atoms with Crippen LogP contribution in [0.3, 0.4) is 0 Å². The third kappa shape index (κ3) is 3.22. The summed E-state index contributed by atoms with van der Waals surface area (Å²) >= 11 is 0. The molecule has 110 valence electrons. The Kier molecular flexibility index (Phi) is 4.76. The Hall–Kier alpha value is -1.13. The standard InChI is InChI=1S/C20H25P/c1-16(2)19-14-9-15-20(19)21(17-10-5-3-6-11-17)18-12-7-4-8-13-18/h3-8,10-13,16,19-20H,9,14-15H2,1-2H3. The normalized spacial score (nSPS) is 22.1. The predicted molar refractivity (Wildman–Crippen MR) is 95.0 cm³/mol. The number of benzene rings is 2. The van der Waals surface area contributed by atoms with E-state index >= 15 is 0 Å². The van der Waals surface area contributed by atoms with Gasteiger partial charge in [-0.3, -0.25) is 0 Å². The Morgan fingerprint density at radius 1 is 0.810 bits per heavy atom. The predicted octanol–water partition coefficient (Wildman–Crippen LogP) is 4.94. The molecule has 0 N–H and O–H groups in total.